The largest absolute Gasteiger partial charge is 0.0776 e. The lowest BCUT2D eigenvalue weighted by Crippen LogP contribution is -2.02. The summed E-state index contributed by atoms with van der Waals surface area (Å²) >= 11 is 0. The highest BCUT2D eigenvalue weighted by molar-refractivity contribution is 4.54. The molecule has 0 aliphatic heterocycles. The molecule has 2 atom stereocenters. The molecule has 0 aromatic carbocycles. The smallest absolute Gasteiger partial charge is 0.0420 e. The minimum Gasteiger partial charge on any atom is -0.0776 e. The predicted molar refractivity (Wildman–Crippen MR) is 144 cm³/mol. The lowest BCUT2D eigenvalue weighted by Gasteiger charge is -2.12. The Bertz CT molecular complexity index is 226. The number of unbranched alkanes of at least 4 members (excludes halogenated alkanes) is 1. The lowest BCUT2D eigenvalue weighted by molar-refractivity contribution is 0.389. The molecule has 0 N–H and O–H groups in total. The first-order chi connectivity index (χ1) is 13.0. The Morgan fingerprint density at radius 1 is 0.483 bits per heavy atom. The van der Waals surface area contributed by atoms with Gasteiger partial charge in [-0.05, 0) is 29.6 Å². The average Bonchev–Trinajstić information content (AvgIpc) is 2.61. The highest BCUT2D eigenvalue weighted by Gasteiger charge is 2.03. The van der Waals surface area contributed by atoms with Gasteiger partial charge in [0.15, 0.2) is 0 Å². The number of hydrogen-bond donors (Lipinski definition) is 0. The van der Waals surface area contributed by atoms with E-state index in [4.69, 9.17) is 0 Å². The van der Waals surface area contributed by atoms with Crippen LogP contribution < -0.4 is 0 Å². The van der Waals surface area contributed by atoms with Crippen molar-refractivity contribution in [1.82, 2.24) is 0 Å². The summed E-state index contributed by atoms with van der Waals surface area (Å²) in [5, 5.41) is 0. The molecule has 0 rings (SSSR count). The fourth-order valence-corrected chi connectivity index (χ4v) is 2.68. The molecule has 0 heterocycles. The fourth-order valence-electron chi connectivity index (χ4n) is 2.68. The third-order valence-electron chi connectivity index (χ3n) is 5.36. The molecule has 29 heavy (non-hydrogen) atoms. The van der Waals surface area contributed by atoms with E-state index in [1.807, 2.05) is 0 Å². The second kappa shape index (κ2) is 32.7. The highest BCUT2D eigenvalue weighted by atomic mass is 14.1. The van der Waals surface area contributed by atoms with Crippen LogP contribution in [0.5, 0.6) is 0 Å². The monoisotopic (exact) mass is 417 g/mol. The van der Waals surface area contributed by atoms with Crippen molar-refractivity contribution in [2.75, 3.05) is 0 Å². The second-order valence-electron chi connectivity index (χ2n) is 10.0. The van der Waals surface area contributed by atoms with E-state index in [1.54, 1.807) is 0 Å². The van der Waals surface area contributed by atoms with Crippen LogP contribution in [0, 0.1) is 29.6 Å². The number of rotatable bonds is 11. The van der Waals surface area contributed by atoms with E-state index in [1.165, 1.54) is 64.2 Å². The van der Waals surface area contributed by atoms with Gasteiger partial charge in [0.2, 0.25) is 0 Å². The first-order valence-electron chi connectivity index (χ1n) is 13.0. The molecular formula is C29H68. The van der Waals surface area contributed by atoms with Crippen LogP contribution in [0.1, 0.15) is 162 Å². The van der Waals surface area contributed by atoms with Crippen LogP contribution in [0.25, 0.3) is 0 Å². The second-order valence-corrected chi connectivity index (χ2v) is 10.0. The van der Waals surface area contributed by atoms with Gasteiger partial charge in [-0.1, -0.05) is 162 Å². The lowest BCUT2D eigenvalue weighted by atomic mass is 9.94. The van der Waals surface area contributed by atoms with Crippen molar-refractivity contribution in [3.8, 4) is 0 Å². The van der Waals surface area contributed by atoms with Crippen LogP contribution in [0.15, 0.2) is 0 Å². The Morgan fingerprint density at radius 3 is 1.00 bits per heavy atom. The Balaban J connectivity index is -0.0000000877. The third-order valence-corrected chi connectivity index (χ3v) is 5.36. The molecule has 0 bridgehead atoms. The molecule has 0 aromatic rings. The van der Waals surface area contributed by atoms with E-state index in [0.29, 0.717) is 0 Å². The summed E-state index contributed by atoms with van der Waals surface area (Å²) in [7, 11) is 0. The van der Waals surface area contributed by atoms with E-state index in [0.717, 1.165) is 29.6 Å². The summed E-state index contributed by atoms with van der Waals surface area (Å²) < 4.78 is 0. The molecule has 0 radical (unpaired) electrons. The van der Waals surface area contributed by atoms with Crippen molar-refractivity contribution in [2.45, 2.75) is 162 Å². The molecule has 184 valence electrons. The molecular weight excluding hydrogens is 348 g/mol. The Labute approximate surface area is 191 Å². The summed E-state index contributed by atoms with van der Waals surface area (Å²) in [6.45, 7) is 29.5. The molecule has 0 nitrogen and oxygen atoms in total. The van der Waals surface area contributed by atoms with Gasteiger partial charge in [-0.2, -0.15) is 0 Å². The maximum atomic E-state index is 2.33. The Morgan fingerprint density at radius 2 is 0.897 bits per heavy atom. The van der Waals surface area contributed by atoms with E-state index in [2.05, 4.69) is 90.0 Å². The molecule has 2 unspecified atom stereocenters. The van der Waals surface area contributed by atoms with Gasteiger partial charge in [0.05, 0.1) is 0 Å². The van der Waals surface area contributed by atoms with E-state index < -0.39 is 0 Å². The molecule has 0 heteroatoms. The summed E-state index contributed by atoms with van der Waals surface area (Å²) in [4.78, 5) is 0. The quantitative estimate of drug-likeness (QED) is 0.314. The minimum atomic E-state index is 0. The predicted octanol–water partition coefficient (Wildman–Crippen LogP) is 11.8. The van der Waals surface area contributed by atoms with Gasteiger partial charge in [-0.15, -0.1) is 0 Å². The summed E-state index contributed by atoms with van der Waals surface area (Å²) in [5.74, 6) is 4.54. The molecule has 0 saturated carbocycles. The topological polar surface area (TPSA) is 0 Å². The fraction of sp³-hybridized carbons (Fsp3) is 1.00. The molecule has 0 spiro atoms. The van der Waals surface area contributed by atoms with Gasteiger partial charge in [0.1, 0.15) is 0 Å². The zero-order valence-electron chi connectivity index (χ0n) is 23.0. The van der Waals surface area contributed by atoms with Gasteiger partial charge in [0.25, 0.3) is 0 Å². The van der Waals surface area contributed by atoms with Crippen LogP contribution in [-0.2, 0) is 0 Å². The molecule has 0 amide bonds. The maximum absolute atomic E-state index is 2.33. The molecule has 0 fully saturated rings. The van der Waals surface area contributed by atoms with Crippen molar-refractivity contribution in [3.63, 3.8) is 0 Å². The van der Waals surface area contributed by atoms with Crippen LogP contribution >= 0.6 is 0 Å². The minimum absolute atomic E-state index is 0. The zero-order chi connectivity index (χ0) is 23.0. The van der Waals surface area contributed by atoms with Crippen LogP contribution in [0.2, 0.25) is 0 Å². The zero-order valence-corrected chi connectivity index (χ0v) is 23.0. The first kappa shape index (κ1) is 39.5. The van der Waals surface area contributed by atoms with E-state index >= 15 is 0 Å². The van der Waals surface area contributed by atoms with Crippen LogP contribution in [0.3, 0.4) is 0 Å². The Hall–Kier alpha value is 0. The van der Waals surface area contributed by atoms with Crippen LogP contribution in [-0.4, -0.2) is 0 Å². The van der Waals surface area contributed by atoms with Crippen molar-refractivity contribution in [1.29, 1.82) is 0 Å². The maximum Gasteiger partial charge on any atom is -0.0420 e. The van der Waals surface area contributed by atoms with Gasteiger partial charge in [-0.25, -0.2) is 0 Å². The van der Waals surface area contributed by atoms with Gasteiger partial charge >= 0.3 is 0 Å². The third kappa shape index (κ3) is 52.4. The standard InChI is InChI=1S/C8H18.2C7H16.C6H14.CH4/c1-5-6-8(4)7(2)3;1-4-5-6-7(2)3;1-4-6-7(3)5-2;1-4-5-6(2)3;/h7-8H,5-6H2,1-4H3;2*7H,4-6H2,1-3H3;6H,4-5H2,1-3H3;1H4. The van der Waals surface area contributed by atoms with Crippen molar-refractivity contribution < 1.29 is 0 Å². The van der Waals surface area contributed by atoms with Crippen molar-refractivity contribution >= 4 is 0 Å². The number of hydrogen-bond acceptors (Lipinski definition) is 0. The van der Waals surface area contributed by atoms with E-state index in [9.17, 15) is 0 Å². The van der Waals surface area contributed by atoms with Crippen molar-refractivity contribution in [3.05, 3.63) is 0 Å². The molecule has 0 saturated heterocycles. The normalized spacial score (nSPS) is 12.0. The van der Waals surface area contributed by atoms with Gasteiger partial charge < -0.3 is 0 Å². The van der Waals surface area contributed by atoms with Crippen LogP contribution in [0.4, 0.5) is 0 Å². The molecule has 0 aliphatic rings. The summed E-state index contributed by atoms with van der Waals surface area (Å²) in [6.07, 6.45) is 13.7. The van der Waals surface area contributed by atoms with Gasteiger partial charge in [0, 0.05) is 0 Å². The SMILES string of the molecule is C.CCCC(C)C.CCCC(C)C(C)C.CCCC(C)CC.CCCCC(C)C. The average molecular weight is 417 g/mol. The molecule has 0 aliphatic carbocycles. The molecule has 0 aromatic heterocycles. The highest BCUT2D eigenvalue weighted by Crippen LogP contribution is 2.14. The Kier molecular flexibility index (Phi) is 44.5. The summed E-state index contributed by atoms with van der Waals surface area (Å²) in [5.41, 5.74) is 0. The van der Waals surface area contributed by atoms with Crippen molar-refractivity contribution in [2.24, 2.45) is 29.6 Å². The first-order valence-corrected chi connectivity index (χ1v) is 13.0. The summed E-state index contributed by atoms with van der Waals surface area (Å²) in [6, 6.07) is 0. The van der Waals surface area contributed by atoms with E-state index in [-0.39, 0.29) is 7.43 Å². The van der Waals surface area contributed by atoms with Gasteiger partial charge in [-0.3, -0.25) is 0 Å².